The lowest BCUT2D eigenvalue weighted by Crippen LogP contribution is -2.24. The fraction of sp³-hybridized carbons (Fsp3) is 0.438. The summed E-state index contributed by atoms with van der Waals surface area (Å²) in [5.74, 6) is 1.78. The summed E-state index contributed by atoms with van der Waals surface area (Å²) in [5, 5.41) is 2.93. The molecule has 21 heavy (non-hydrogen) atoms. The summed E-state index contributed by atoms with van der Waals surface area (Å²) < 4.78 is 11.1. The van der Waals surface area contributed by atoms with Gasteiger partial charge in [0.2, 0.25) is 0 Å². The molecule has 4 nitrogen and oxygen atoms in total. The van der Waals surface area contributed by atoms with E-state index in [1.807, 2.05) is 31.2 Å². The molecule has 0 aliphatic carbocycles. The van der Waals surface area contributed by atoms with Gasteiger partial charge in [-0.3, -0.25) is 4.79 Å². The molecule has 3 rings (SSSR count). The molecular formula is C16H19NO3S. The number of nitrogens with one attached hydrogen (secondary N) is 1. The maximum absolute atomic E-state index is 12.1. The number of aryl methyl sites for hydroxylation is 1. The maximum atomic E-state index is 12.1. The average molecular weight is 305 g/mol. The predicted molar refractivity (Wildman–Crippen MR) is 81.7 cm³/mol. The molecule has 0 saturated carbocycles. The molecule has 2 aromatic heterocycles. The van der Waals surface area contributed by atoms with Gasteiger partial charge in [-0.2, -0.15) is 0 Å². The van der Waals surface area contributed by atoms with Crippen molar-refractivity contribution in [2.24, 2.45) is 0 Å². The summed E-state index contributed by atoms with van der Waals surface area (Å²) in [6, 6.07) is 7.77. The number of ether oxygens (including phenoxy) is 1. The van der Waals surface area contributed by atoms with Gasteiger partial charge in [0, 0.05) is 24.4 Å². The van der Waals surface area contributed by atoms with Crippen LogP contribution in [-0.4, -0.2) is 19.1 Å². The van der Waals surface area contributed by atoms with Gasteiger partial charge >= 0.3 is 0 Å². The van der Waals surface area contributed by atoms with Gasteiger partial charge in [0.25, 0.3) is 5.91 Å². The van der Waals surface area contributed by atoms with Crippen LogP contribution in [0.4, 0.5) is 0 Å². The molecule has 0 aromatic carbocycles. The molecule has 5 heteroatoms. The molecule has 112 valence electrons. The second-order valence-electron chi connectivity index (χ2n) is 5.22. The van der Waals surface area contributed by atoms with Gasteiger partial charge in [0.1, 0.15) is 11.5 Å². The zero-order chi connectivity index (χ0) is 14.7. The first kappa shape index (κ1) is 14.4. The van der Waals surface area contributed by atoms with Gasteiger partial charge in [-0.1, -0.05) is 0 Å². The fourth-order valence-electron chi connectivity index (χ4n) is 2.46. The van der Waals surface area contributed by atoms with E-state index in [0.717, 1.165) is 40.7 Å². The van der Waals surface area contributed by atoms with Crippen LogP contribution >= 0.6 is 11.3 Å². The van der Waals surface area contributed by atoms with E-state index in [4.69, 9.17) is 9.15 Å². The van der Waals surface area contributed by atoms with E-state index in [1.165, 1.54) is 11.3 Å². The summed E-state index contributed by atoms with van der Waals surface area (Å²) >= 11 is 1.53. The number of carbonyl (C=O) groups is 1. The molecule has 1 fully saturated rings. The lowest BCUT2D eigenvalue weighted by molar-refractivity contribution is 0.0958. The third kappa shape index (κ3) is 3.54. The van der Waals surface area contributed by atoms with Crippen LogP contribution in [-0.2, 0) is 11.2 Å². The van der Waals surface area contributed by atoms with Gasteiger partial charge in [0.05, 0.1) is 11.0 Å². The lowest BCUT2D eigenvalue weighted by Gasteiger charge is -2.05. The highest BCUT2D eigenvalue weighted by atomic mass is 32.1. The van der Waals surface area contributed by atoms with Crippen molar-refractivity contribution in [1.82, 2.24) is 5.32 Å². The second kappa shape index (κ2) is 6.45. The monoisotopic (exact) mass is 305 g/mol. The Morgan fingerprint density at radius 2 is 2.29 bits per heavy atom. The highest BCUT2D eigenvalue weighted by Crippen LogP contribution is 2.33. The molecule has 2 aromatic rings. The lowest BCUT2D eigenvalue weighted by atomic mass is 10.2. The highest BCUT2D eigenvalue weighted by Gasteiger charge is 2.20. The van der Waals surface area contributed by atoms with Crippen molar-refractivity contribution < 1.29 is 13.9 Å². The molecule has 1 atom stereocenters. The van der Waals surface area contributed by atoms with Gasteiger partial charge in [-0.05, 0) is 44.0 Å². The third-order valence-electron chi connectivity index (χ3n) is 3.55. The largest absolute Gasteiger partial charge is 0.466 e. The summed E-state index contributed by atoms with van der Waals surface area (Å²) in [6.07, 6.45) is 3.05. The Bertz CT molecular complexity index is 611. The molecule has 0 unspecified atom stereocenters. The zero-order valence-corrected chi connectivity index (χ0v) is 12.9. The van der Waals surface area contributed by atoms with E-state index in [1.54, 1.807) is 0 Å². The second-order valence-corrected chi connectivity index (χ2v) is 6.34. The number of rotatable bonds is 5. The number of carbonyl (C=O) groups excluding carboxylic acids is 1. The van der Waals surface area contributed by atoms with Crippen LogP contribution in [0.5, 0.6) is 0 Å². The van der Waals surface area contributed by atoms with Crippen molar-refractivity contribution in [1.29, 1.82) is 0 Å². The van der Waals surface area contributed by atoms with E-state index < -0.39 is 0 Å². The van der Waals surface area contributed by atoms with E-state index in [0.29, 0.717) is 13.0 Å². The van der Waals surface area contributed by atoms with Crippen LogP contribution in [0.2, 0.25) is 0 Å². The third-order valence-corrected chi connectivity index (χ3v) is 4.73. The number of thiophene rings is 1. The molecule has 0 radical (unpaired) electrons. The first-order valence-electron chi connectivity index (χ1n) is 7.27. The molecule has 0 spiro atoms. The Morgan fingerprint density at radius 3 is 3.00 bits per heavy atom. The Morgan fingerprint density at radius 1 is 1.38 bits per heavy atom. The minimum Gasteiger partial charge on any atom is -0.466 e. The Hall–Kier alpha value is -1.59. The van der Waals surface area contributed by atoms with E-state index >= 15 is 0 Å². The smallest absolute Gasteiger partial charge is 0.261 e. The minimum atomic E-state index is -0.0208. The molecule has 3 heterocycles. The van der Waals surface area contributed by atoms with E-state index in [-0.39, 0.29) is 12.0 Å². The first-order valence-corrected chi connectivity index (χ1v) is 8.09. The highest BCUT2D eigenvalue weighted by molar-refractivity contribution is 7.14. The number of amides is 1. The van der Waals surface area contributed by atoms with Crippen LogP contribution in [0.25, 0.3) is 0 Å². The van der Waals surface area contributed by atoms with Crippen LogP contribution in [0.1, 0.15) is 45.0 Å². The van der Waals surface area contributed by atoms with Crippen molar-refractivity contribution in [3.05, 3.63) is 45.5 Å². The van der Waals surface area contributed by atoms with Gasteiger partial charge < -0.3 is 14.5 Å². The molecular weight excluding hydrogens is 286 g/mol. The van der Waals surface area contributed by atoms with E-state index in [2.05, 4.69) is 5.32 Å². The average Bonchev–Trinajstić information content (AvgIpc) is 3.19. The molecule has 1 N–H and O–H groups in total. The maximum Gasteiger partial charge on any atom is 0.261 e. The summed E-state index contributed by atoms with van der Waals surface area (Å²) in [7, 11) is 0. The molecule has 1 aliphatic heterocycles. The normalized spacial score (nSPS) is 18.0. The van der Waals surface area contributed by atoms with Crippen molar-refractivity contribution >= 4 is 17.2 Å². The van der Waals surface area contributed by atoms with Crippen molar-refractivity contribution in [2.75, 3.05) is 13.2 Å². The Balaban J connectivity index is 1.50. The molecule has 0 bridgehead atoms. The predicted octanol–water partition coefficient (Wildman–Crippen LogP) is 3.47. The molecule has 1 amide bonds. The standard InChI is InChI=1S/C16H19NO3S/c1-11-4-5-12(20-11)8-9-17-16(18)15-7-6-14(21-15)13-3-2-10-19-13/h4-7,13H,2-3,8-10H2,1H3,(H,17,18)/t13-/m0/s1. The zero-order valence-electron chi connectivity index (χ0n) is 12.1. The Kier molecular flexibility index (Phi) is 4.41. The van der Waals surface area contributed by atoms with Crippen molar-refractivity contribution in [3.8, 4) is 0 Å². The summed E-state index contributed by atoms with van der Waals surface area (Å²) in [4.78, 5) is 14.0. The topological polar surface area (TPSA) is 51.5 Å². The number of hydrogen-bond donors (Lipinski definition) is 1. The van der Waals surface area contributed by atoms with Crippen molar-refractivity contribution in [3.63, 3.8) is 0 Å². The van der Waals surface area contributed by atoms with Gasteiger partial charge in [0.15, 0.2) is 0 Å². The van der Waals surface area contributed by atoms with Crippen molar-refractivity contribution in [2.45, 2.75) is 32.3 Å². The molecule has 1 aliphatic rings. The van der Waals surface area contributed by atoms with Crippen LogP contribution < -0.4 is 5.32 Å². The quantitative estimate of drug-likeness (QED) is 0.920. The van der Waals surface area contributed by atoms with Crippen LogP contribution in [0.15, 0.2) is 28.7 Å². The van der Waals surface area contributed by atoms with E-state index in [9.17, 15) is 4.79 Å². The van der Waals surface area contributed by atoms with Crippen LogP contribution in [0.3, 0.4) is 0 Å². The van der Waals surface area contributed by atoms with Crippen LogP contribution in [0, 0.1) is 6.92 Å². The van der Waals surface area contributed by atoms with Gasteiger partial charge in [-0.15, -0.1) is 11.3 Å². The summed E-state index contributed by atoms with van der Waals surface area (Å²) in [5.41, 5.74) is 0. The molecule has 1 saturated heterocycles. The van der Waals surface area contributed by atoms with Gasteiger partial charge in [-0.25, -0.2) is 0 Å². The fourth-order valence-corrected chi connectivity index (χ4v) is 3.46. The Labute approximate surface area is 128 Å². The number of hydrogen-bond acceptors (Lipinski definition) is 4. The first-order chi connectivity index (χ1) is 10.2. The summed E-state index contributed by atoms with van der Waals surface area (Å²) in [6.45, 7) is 3.33. The minimum absolute atomic E-state index is 0.0208. The SMILES string of the molecule is Cc1ccc(CCNC(=O)c2ccc([C@@H]3CCCO3)s2)o1. The number of furan rings is 1.